The summed E-state index contributed by atoms with van der Waals surface area (Å²) < 4.78 is 5.53. The third-order valence-electron chi connectivity index (χ3n) is 4.95. The van der Waals surface area contributed by atoms with Gasteiger partial charge >= 0.3 is 5.97 Å². The van der Waals surface area contributed by atoms with Crippen molar-refractivity contribution >= 4 is 29.0 Å². The van der Waals surface area contributed by atoms with E-state index in [1.54, 1.807) is 0 Å². The van der Waals surface area contributed by atoms with E-state index in [0.29, 0.717) is 5.69 Å². The molecule has 7 nitrogen and oxygen atoms in total. The summed E-state index contributed by atoms with van der Waals surface area (Å²) >= 11 is 0. The molecule has 0 saturated heterocycles. The average molecular weight is 394 g/mol. The molecule has 7 heteroatoms. The van der Waals surface area contributed by atoms with E-state index >= 15 is 0 Å². The molecule has 0 bridgehead atoms. The molecule has 0 aromatic heterocycles. The van der Waals surface area contributed by atoms with Crippen molar-refractivity contribution in [3.63, 3.8) is 0 Å². The monoisotopic (exact) mass is 394 g/mol. The number of rotatable bonds is 8. The minimum atomic E-state index is -0.706. The molecule has 152 valence electrons. The molecular weight excluding hydrogens is 368 g/mol. The van der Waals surface area contributed by atoms with Crippen LogP contribution in [-0.4, -0.2) is 36.7 Å². The lowest BCUT2D eigenvalue weighted by Gasteiger charge is -2.24. The Bertz CT molecular complexity index is 894. The van der Waals surface area contributed by atoms with Gasteiger partial charge in [-0.1, -0.05) is 36.4 Å². The number of para-hydroxylation sites is 2. The Kier molecular flexibility index (Phi) is 6.49. The Morgan fingerprint density at radius 3 is 2.41 bits per heavy atom. The fourth-order valence-corrected chi connectivity index (χ4v) is 3.41. The Hall–Kier alpha value is -3.35. The van der Waals surface area contributed by atoms with E-state index in [9.17, 15) is 9.59 Å². The van der Waals surface area contributed by atoms with Crippen LogP contribution in [0.15, 0.2) is 59.7 Å². The van der Waals surface area contributed by atoms with E-state index in [2.05, 4.69) is 23.8 Å². The summed E-state index contributed by atoms with van der Waals surface area (Å²) in [5.74, 6) is -1.07. The Labute approximate surface area is 170 Å². The number of carbonyl (C=O) groups is 2. The maximum absolute atomic E-state index is 12.6. The Morgan fingerprint density at radius 2 is 1.76 bits per heavy atom. The fourth-order valence-electron chi connectivity index (χ4n) is 3.41. The predicted octanol–water partition coefficient (Wildman–Crippen LogP) is 2.70. The van der Waals surface area contributed by atoms with E-state index in [0.717, 1.165) is 24.3 Å². The van der Waals surface area contributed by atoms with Crippen LogP contribution in [0, 0.1) is 0 Å². The molecule has 1 heterocycles. The van der Waals surface area contributed by atoms with E-state index in [1.165, 1.54) is 5.01 Å². The van der Waals surface area contributed by atoms with Gasteiger partial charge in [-0.15, -0.1) is 0 Å². The second-order valence-electron chi connectivity index (χ2n) is 6.73. The molecule has 2 aromatic carbocycles. The van der Waals surface area contributed by atoms with Gasteiger partial charge in [0, 0.05) is 30.8 Å². The summed E-state index contributed by atoms with van der Waals surface area (Å²) in [6, 6.07) is 16.3. The van der Waals surface area contributed by atoms with Crippen LogP contribution in [0.25, 0.3) is 0 Å². The predicted molar refractivity (Wildman–Crippen MR) is 114 cm³/mol. The summed E-state index contributed by atoms with van der Waals surface area (Å²) in [6.07, 6.45) is 0.126. The number of nitrogens with zero attached hydrogens (tertiary/aromatic N) is 3. The van der Waals surface area contributed by atoms with Crippen molar-refractivity contribution in [1.82, 2.24) is 0 Å². The van der Waals surface area contributed by atoms with Gasteiger partial charge < -0.3 is 15.4 Å². The normalized spacial score (nSPS) is 15.7. The molecular formula is C22H26N4O3. The van der Waals surface area contributed by atoms with Crippen molar-refractivity contribution in [2.45, 2.75) is 32.9 Å². The molecule has 0 saturated carbocycles. The van der Waals surface area contributed by atoms with Crippen molar-refractivity contribution in [3.05, 3.63) is 60.2 Å². The minimum absolute atomic E-state index is 0.126. The van der Waals surface area contributed by atoms with E-state index in [-0.39, 0.29) is 18.7 Å². The first kappa shape index (κ1) is 20.4. The van der Waals surface area contributed by atoms with Crippen LogP contribution in [0.3, 0.4) is 0 Å². The zero-order valence-electron chi connectivity index (χ0n) is 16.7. The molecule has 1 aliphatic rings. The molecule has 0 fully saturated rings. The number of hydrogen-bond donors (Lipinski definition) is 1. The molecule has 1 atom stereocenters. The number of hydrogen-bond acceptors (Lipinski definition) is 6. The van der Waals surface area contributed by atoms with Crippen LogP contribution in [0.5, 0.6) is 0 Å². The van der Waals surface area contributed by atoms with Gasteiger partial charge in [-0.2, -0.15) is 5.10 Å². The third kappa shape index (κ3) is 4.56. The largest absolute Gasteiger partial charge is 0.456 e. The van der Waals surface area contributed by atoms with E-state index < -0.39 is 17.9 Å². The highest BCUT2D eigenvalue weighted by molar-refractivity contribution is 6.38. The number of esters is 1. The quantitative estimate of drug-likeness (QED) is 0.696. The molecule has 1 amide bonds. The van der Waals surface area contributed by atoms with Crippen LogP contribution in [-0.2, 0) is 20.9 Å². The molecule has 3 rings (SSSR count). The van der Waals surface area contributed by atoms with E-state index in [1.807, 2.05) is 54.6 Å². The summed E-state index contributed by atoms with van der Waals surface area (Å²) in [7, 11) is 0. The molecule has 0 radical (unpaired) electrons. The first-order chi connectivity index (χ1) is 14.0. The van der Waals surface area contributed by atoms with E-state index in [4.69, 9.17) is 10.5 Å². The van der Waals surface area contributed by atoms with Crippen molar-refractivity contribution in [3.8, 4) is 0 Å². The first-order valence-corrected chi connectivity index (χ1v) is 9.76. The van der Waals surface area contributed by atoms with Crippen molar-refractivity contribution in [1.29, 1.82) is 0 Å². The second kappa shape index (κ2) is 9.23. The molecule has 1 aliphatic heterocycles. The van der Waals surface area contributed by atoms with Crippen molar-refractivity contribution in [2.75, 3.05) is 23.0 Å². The molecule has 29 heavy (non-hydrogen) atoms. The van der Waals surface area contributed by atoms with Crippen LogP contribution < -0.4 is 15.6 Å². The zero-order chi connectivity index (χ0) is 20.8. The highest BCUT2D eigenvalue weighted by Gasteiger charge is 2.35. The molecule has 2 N–H and O–H groups in total. The summed E-state index contributed by atoms with van der Waals surface area (Å²) in [4.78, 5) is 26.7. The topological polar surface area (TPSA) is 88.2 Å². The number of hydrazone groups is 1. The summed E-state index contributed by atoms with van der Waals surface area (Å²) in [5, 5.41) is 5.82. The van der Waals surface area contributed by atoms with Crippen LogP contribution >= 0.6 is 0 Å². The standard InChI is InChI=1S/C22H26N4O3/c1-3-25(4-2)19-13-9-8-10-16(19)15-29-22(28)18-14-20(21(23)27)26(24-18)17-11-6-5-7-12-17/h5-13,20H,3-4,14-15H2,1-2H3,(H2,23,27). The number of anilines is 2. The lowest BCUT2D eigenvalue weighted by Crippen LogP contribution is -2.39. The summed E-state index contributed by atoms with van der Waals surface area (Å²) in [5.41, 5.74) is 8.38. The maximum Gasteiger partial charge on any atom is 0.354 e. The maximum atomic E-state index is 12.6. The van der Waals surface area contributed by atoms with Crippen molar-refractivity contribution < 1.29 is 14.3 Å². The molecule has 2 aromatic rings. The number of nitrogens with two attached hydrogens (primary N) is 1. The Balaban J connectivity index is 1.74. The number of ether oxygens (including phenoxy) is 1. The third-order valence-corrected chi connectivity index (χ3v) is 4.95. The van der Waals surface area contributed by atoms with Gasteiger partial charge in [-0.25, -0.2) is 4.79 Å². The van der Waals surface area contributed by atoms with Crippen molar-refractivity contribution in [2.24, 2.45) is 10.8 Å². The van der Waals surface area contributed by atoms with Gasteiger partial charge in [0.2, 0.25) is 5.91 Å². The lowest BCUT2D eigenvalue weighted by atomic mass is 10.1. The SMILES string of the molecule is CCN(CC)c1ccccc1COC(=O)C1=NN(c2ccccc2)C(C(N)=O)C1. The van der Waals surface area contributed by atoms with Gasteiger partial charge in [-0.05, 0) is 32.0 Å². The van der Waals surface area contributed by atoms with Gasteiger partial charge in [0.25, 0.3) is 0 Å². The minimum Gasteiger partial charge on any atom is -0.456 e. The zero-order valence-corrected chi connectivity index (χ0v) is 16.7. The van der Waals surface area contributed by atoms with Crippen LogP contribution in [0.2, 0.25) is 0 Å². The van der Waals surface area contributed by atoms with Gasteiger partial charge in [0.05, 0.1) is 5.69 Å². The first-order valence-electron chi connectivity index (χ1n) is 9.76. The molecule has 0 aliphatic carbocycles. The number of benzene rings is 2. The van der Waals surface area contributed by atoms with Gasteiger partial charge in [0.1, 0.15) is 18.4 Å². The number of primary amides is 1. The highest BCUT2D eigenvalue weighted by Crippen LogP contribution is 2.25. The number of amides is 1. The van der Waals surface area contributed by atoms with Gasteiger partial charge in [0.15, 0.2) is 0 Å². The smallest absolute Gasteiger partial charge is 0.354 e. The number of carbonyl (C=O) groups excluding carboxylic acids is 2. The average Bonchev–Trinajstić information content (AvgIpc) is 3.20. The molecule has 1 unspecified atom stereocenters. The highest BCUT2D eigenvalue weighted by atomic mass is 16.5. The van der Waals surface area contributed by atoms with Gasteiger partial charge in [-0.3, -0.25) is 9.80 Å². The van der Waals surface area contributed by atoms with Crippen LogP contribution in [0.4, 0.5) is 11.4 Å². The Morgan fingerprint density at radius 1 is 1.10 bits per heavy atom. The summed E-state index contributed by atoms with van der Waals surface area (Å²) in [6.45, 7) is 6.03. The lowest BCUT2D eigenvalue weighted by molar-refractivity contribution is -0.136. The fraction of sp³-hybridized carbons (Fsp3) is 0.318. The molecule has 0 spiro atoms. The van der Waals surface area contributed by atoms with Crippen LogP contribution in [0.1, 0.15) is 25.8 Å². The second-order valence-corrected chi connectivity index (χ2v) is 6.73.